The maximum absolute atomic E-state index is 12.0. The van der Waals surface area contributed by atoms with Crippen LogP contribution in [0.2, 0.25) is 0 Å². The Morgan fingerprint density at radius 3 is 2.68 bits per heavy atom. The number of rotatable bonds is 5. The van der Waals surface area contributed by atoms with Gasteiger partial charge < -0.3 is 14.8 Å². The highest BCUT2D eigenvalue weighted by Gasteiger charge is 2.15. The van der Waals surface area contributed by atoms with Crippen LogP contribution in [-0.4, -0.2) is 25.7 Å². The number of benzene rings is 1. The first-order chi connectivity index (χ1) is 10.8. The van der Waals surface area contributed by atoms with Gasteiger partial charge in [0.15, 0.2) is 11.5 Å². The summed E-state index contributed by atoms with van der Waals surface area (Å²) in [7, 11) is 0. The predicted octanol–water partition coefficient (Wildman–Crippen LogP) is 3.09. The average Bonchev–Trinajstić information content (AvgIpc) is 2.59. The molecule has 0 spiro atoms. The van der Waals surface area contributed by atoms with Crippen molar-refractivity contribution in [1.29, 1.82) is 0 Å². The van der Waals surface area contributed by atoms with Gasteiger partial charge in [0.2, 0.25) is 5.91 Å². The van der Waals surface area contributed by atoms with Gasteiger partial charge in [-0.3, -0.25) is 4.79 Å². The molecule has 1 N–H and O–H groups in total. The molecular formula is C18H25NO3. The summed E-state index contributed by atoms with van der Waals surface area (Å²) in [6.45, 7) is 2.05. The second-order valence-electron chi connectivity index (χ2n) is 6.29. The smallest absolute Gasteiger partial charge is 0.220 e. The summed E-state index contributed by atoms with van der Waals surface area (Å²) in [6.07, 6.45) is 7.80. The fourth-order valence-corrected chi connectivity index (χ4v) is 3.24. The molecule has 22 heavy (non-hydrogen) atoms. The van der Waals surface area contributed by atoms with E-state index in [0.29, 0.717) is 25.6 Å². The van der Waals surface area contributed by atoms with Crippen molar-refractivity contribution in [3.63, 3.8) is 0 Å². The average molecular weight is 303 g/mol. The van der Waals surface area contributed by atoms with Crippen LogP contribution in [-0.2, 0) is 11.2 Å². The molecule has 120 valence electrons. The Bertz CT molecular complexity index is 509. The molecule has 0 atom stereocenters. The van der Waals surface area contributed by atoms with Crippen molar-refractivity contribution in [3.8, 4) is 11.5 Å². The Labute approximate surface area is 132 Å². The molecule has 0 bridgehead atoms. The molecular weight excluding hydrogens is 278 g/mol. The van der Waals surface area contributed by atoms with Gasteiger partial charge in [0.05, 0.1) is 0 Å². The van der Waals surface area contributed by atoms with Gasteiger partial charge >= 0.3 is 0 Å². The molecule has 1 aliphatic heterocycles. The van der Waals surface area contributed by atoms with E-state index in [9.17, 15) is 4.79 Å². The largest absolute Gasteiger partial charge is 0.486 e. The third kappa shape index (κ3) is 4.15. The minimum Gasteiger partial charge on any atom is -0.486 e. The Kier molecular flexibility index (Phi) is 5.20. The van der Waals surface area contributed by atoms with E-state index in [-0.39, 0.29) is 5.91 Å². The van der Waals surface area contributed by atoms with Crippen molar-refractivity contribution in [2.75, 3.05) is 19.8 Å². The predicted molar refractivity (Wildman–Crippen MR) is 85.3 cm³/mol. The van der Waals surface area contributed by atoms with Gasteiger partial charge in [-0.15, -0.1) is 0 Å². The van der Waals surface area contributed by atoms with E-state index in [2.05, 4.69) is 5.32 Å². The maximum atomic E-state index is 12.0. The lowest BCUT2D eigenvalue weighted by atomic mass is 9.89. The molecule has 0 unspecified atom stereocenters. The minimum absolute atomic E-state index is 0.153. The summed E-state index contributed by atoms with van der Waals surface area (Å²) < 4.78 is 11.1. The highest BCUT2D eigenvalue weighted by atomic mass is 16.6. The van der Waals surface area contributed by atoms with Crippen LogP contribution in [0.1, 0.15) is 44.1 Å². The molecule has 3 rings (SSSR count). The normalized spacial score (nSPS) is 18.0. The van der Waals surface area contributed by atoms with Crippen LogP contribution in [0.25, 0.3) is 0 Å². The third-order valence-electron chi connectivity index (χ3n) is 4.56. The first-order valence-electron chi connectivity index (χ1n) is 8.46. The highest BCUT2D eigenvalue weighted by molar-refractivity contribution is 5.76. The van der Waals surface area contributed by atoms with Gasteiger partial charge in [-0.25, -0.2) is 0 Å². The summed E-state index contributed by atoms with van der Waals surface area (Å²) in [5.74, 6) is 2.44. The summed E-state index contributed by atoms with van der Waals surface area (Å²) in [4.78, 5) is 12.0. The van der Waals surface area contributed by atoms with E-state index in [1.165, 1.54) is 32.1 Å². The van der Waals surface area contributed by atoms with Crippen molar-refractivity contribution in [1.82, 2.24) is 5.32 Å². The topological polar surface area (TPSA) is 47.6 Å². The van der Waals surface area contributed by atoms with Crippen LogP contribution < -0.4 is 14.8 Å². The van der Waals surface area contributed by atoms with E-state index in [1.54, 1.807) is 0 Å². The Balaban J connectivity index is 1.42. The van der Waals surface area contributed by atoms with Crippen molar-refractivity contribution >= 4 is 5.91 Å². The number of carbonyl (C=O) groups is 1. The Morgan fingerprint density at radius 2 is 1.86 bits per heavy atom. The van der Waals surface area contributed by atoms with Crippen molar-refractivity contribution in [2.24, 2.45) is 5.92 Å². The van der Waals surface area contributed by atoms with Gasteiger partial charge in [-0.2, -0.15) is 0 Å². The number of ether oxygens (including phenoxy) is 2. The number of hydrogen-bond acceptors (Lipinski definition) is 3. The molecule has 1 amide bonds. The molecule has 4 heteroatoms. The molecule has 0 aromatic heterocycles. The van der Waals surface area contributed by atoms with Crippen molar-refractivity contribution in [2.45, 2.75) is 44.9 Å². The SMILES string of the molecule is O=C(CCc1ccc2c(c1)OCCO2)NCC1CCCCC1. The van der Waals surface area contributed by atoms with E-state index in [4.69, 9.17) is 9.47 Å². The Morgan fingerprint density at radius 1 is 1.09 bits per heavy atom. The molecule has 1 aliphatic carbocycles. The zero-order valence-electron chi connectivity index (χ0n) is 13.1. The van der Waals surface area contributed by atoms with E-state index < -0.39 is 0 Å². The fraction of sp³-hybridized carbons (Fsp3) is 0.611. The van der Waals surface area contributed by atoms with Crippen LogP contribution in [0, 0.1) is 5.92 Å². The Hall–Kier alpha value is -1.71. The minimum atomic E-state index is 0.153. The van der Waals surface area contributed by atoms with Crippen LogP contribution in [0.5, 0.6) is 11.5 Å². The van der Waals surface area contributed by atoms with Crippen LogP contribution in [0.3, 0.4) is 0 Å². The lowest BCUT2D eigenvalue weighted by molar-refractivity contribution is -0.121. The quantitative estimate of drug-likeness (QED) is 0.909. The zero-order valence-corrected chi connectivity index (χ0v) is 13.1. The molecule has 1 aromatic carbocycles. The molecule has 1 aromatic rings. The first-order valence-corrected chi connectivity index (χ1v) is 8.46. The van der Waals surface area contributed by atoms with Crippen LogP contribution >= 0.6 is 0 Å². The molecule has 1 saturated carbocycles. The molecule has 0 radical (unpaired) electrons. The maximum Gasteiger partial charge on any atom is 0.220 e. The van der Waals surface area contributed by atoms with Gasteiger partial charge in [0.25, 0.3) is 0 Å². The van der Waals surface area contributed by atoms with Gasteiger partial charge in [0, 0.05) is 13.0 Å². The standard InChI is InChI=1S/C18H25NO3/c20-18(19-13-15-4-2-1-3-5-15)9-7-14-6-8-16-17(12-14)22-11-10-21-16/h6,8,12,15H,1-5,7,9-11,13H2,(H,19,20). The lowest BCUT2D eigenvalue weighted by Gasteiger charge is -2.21. The number of aryl methyl sites for hydroxylation is 1. The van der Waals surface area contributed by atoms with Crippen LogP contribution in [0.15, 0.2) is 18.2 Å². The van der Waals surface area contributed by atoms with Gasteiger partial charge in [-0.05, 0) is 42.9 Å². The zero-order chi connectivity index (χ0) is 15.2. The summed E-state index contributed by atoms with van der Waals surface area (Å²) >= 11 is 0. The molecule has 2 aliphatic rings. The van der Waals surface area contributed by atoms with Gasteiger partial charge in [-0.1, -0.05) is 25.3 Å². The molecule has 1 heterocycles. The molecule has 1 fully saturated rings. The summed E-state index contributed by atoms with van der Waals surface area (Å²) in [5.41, 5.74) is 1.12. The number of carbonyl (C=O) groups excluding carboxylic acids is 1. The summed E-state index contributed by atoms with van der Waals surface area (Å²) in [5, 5.41) is 3.09. The van der Waals surface area contributed by atoms with E-state index in [1.807, 2.05) is 18.2 Å². The first kappa shape index (κ1) is 15.2. The molecule has 0 saturated heterocycles. The highest BCUT2D eigenvalue weighted by Crippen LogP contribution is 2.31. The number of nitrogens with one attached hydrogen (secondary N) is 1. The third-order valence-corrected chi connectivity index (χ3v) is 4.56. The number of fused-ring (bicyclic) bond motifs is 1. The second kappa shape index (κ2) is 7.52. The number of hydrogen-bond donors (Lipinski definition) is 1. The van der Waals surface area contributed by atoms with Gasteiger partial charge in [0.1, 0.15) is 13.2 Å². The second-order valence-corrected chi connectivity index (χ2v) is 6.29. The number of amides is 1. The van der Waals surface area contributed by atoms with E-state index >= 15 is 0 Å². The van der Waals surface area contributed by atoms with E-state index in [0.717, 1.165) is 30.0 Å². The van der Waals surface area contributed by atoms with Crippen molar-refractivity contribution in [3.05, 3.63) is 23.8 Å². The molecule has 4 nitrogen and oxygen atoms in total. The fourth-order valence-electron chi connectivity index (χ4n) is 3.24. The van der Waals surface area contributed by atoms with Crippen LogP contribution in [0.4, 0.5) is 0 Å². The monoisotopic (exact) mass is 303 g/mol. The van der Waals surface area contributed by atoms with Crippen molar-refractivity contribution < 1.29 is 14.3 Å². The summed E-state index contributed by atoms with van der Waals surface area (Å²) in [6, 6.07) is 5.94. The lowest BCUT2D eigenvalue weighted by Crippen LogP contribution is -2.30.